The van der Waals surface area contributed by atoms with Gasteiger partial charge in [0.2, 0.25) is 11.8 Å². The maximum Gasteiger partial charge on any atom is 0.407 e. The van der Waals surface area contributed by atoms with Crippen molar-refractivity contribution in [1.82, 2.24) is 40.4 Å². The molecule has 4 N–H and O–H groups in total. The van der Waals surface area contributed by atoms with E-state index in [-0.39, 0.29) is 41.8 Å². The number of ether oxygens (including phenoxy) is 5. The average Bonchev–Trinajstić information content (AvgIpc) is 4.11. The van der Waals surface area contributed by atoms with Gasteiger partial charge in [0.25, 0.3) is 0 Å². The van der Waals surface area contributed by atoms with Gasteiger partial charge in [0.15, 0.2) is 0 Å². The Morgan fingerprint density at radius 2 is 1.63 bits per heavy atom. The molecule has 17 nitrogen and oxygen atoms in total. The van der Waals surface area contributed by atoms with Gasteiger partial charge >= 0.3 is 12.2 Å². The minimum atomic E-state index is -0.963. The summed E-state index contributed by atoms with van der Waals surface area (Å²) in [6.45, 7) is 8.82. The Morgan fingerprint density at radius 1 is 0.873 bits per heavy atom. The Labute approximate surface area is 365 Å². The zero-order valence-electron chi connectivity index (χ0n) is 36.9. The molecule has 63 heavy (non-hydrogen) atoms. The number of carbonyl (C=O) groups excluding carboxylic acids is 4. The highest BCUT2D eigenvalue weighted by molar-refractivity contribution is 6.07. The highest BCUT2D eigenvalue weighted by atomic mass is 16.5. The van der Waals surface area contributed by atoms with Crippen LogP contribution in [0.3, 0.4) is 0 Å². The van der Waals surface area contributed by atoms with E-state index in [1.54, 1.807) is 25.1 Å². The number of aromatic nitrogens is 4. The number of fused-ring (bicyclic) bond motifs is 6. The van der Waals surface area contributed by atoms with E-state index < -0.39 is 30.4 Å². The highest BCUT2D eigenvalue weighted by Gasteiger charge is 2.43. The first-order valence-corrected chi connectivity index (χ1v) is 21.4. The van der Waals surface area contributed by atoms with Crippen molar-refractivity contribution < 1.29 is 42.9 Å². The van der Waals surface area contributed by atoms with E-state index in [4.69, 9.17) is 33.7 Å². The lowest BCUT2D eigenvalue weighted by atomic mass is 9.92. The molecule has 2 aromatic heterocycles. The summed E-state index contributed by atoms with van der Waals surface area (Å²) >= 11 is 0. The molecule has 4 amide bonds. The van der Waals surface area contributed by atoms with Crippen LogP contribution >= 0.6 is 0 Å². The summed E-state index contributed by atoms with van der Waals surface area (Å²) in [6, 6.07) is 12.1. The first-order chi connectivity index (χ1) is 30.3. The summed E-state index contributed by atoms with van der Waals surface area (Å²) in [5.74, 6) is 1.57. The monoisotopic (exact) mass is 864 g/mol. The molecule has 3 aromatic carbocycles. The maximum atomic E-state index is 14.0. The summed E-state index contributed by atoms with van der Waals surface area (Å²) < 4.78 is 27.0. The van der Waals surface area contributed by atoms with Gasteiger partial charge in [-0.1, -0.05) is 32.0 Å². The molecule has 2 fully saturated rings. The normalized spacial score (nSPS) is 20.8. The van der Waals surface area contributed by atoms with E-state index in [2.05, 4.69) is 57.0 Å². The summed E-state index contributed by atoms with van der Waals surface area (Å²) in [5.41, 5.74) is 6.43. The van der Waals surface area contributed by atoms with Crippen LogP contribution in [0.2, 0.25) is 0 Å². The number of likely N-dealkylation sites (tertiary alicyclic amines) is 2. The van der Waals surface area contributed by atoms with E-state index >= 15 is 0 Å². The molecule has 0 radical (unpaired) electrons. The molecule has 0 bridgehead atoms. The Balaban J connectivity index is 1.05. The van der Waals surface area contributed by atoms with Gasteiger partial charge in [-0.05, 0) is 85.4 Å². The van der Waals surface area contributed by atoms with Crippen molar-refractivity contribution in [1.29, 1.82) is 0 Å². The molecule has 17 heteroatoms. The number of imidazole rings is 2. The molecule has 334 valence electrons. The van der Waals surface area contributed by atoms with Crippen molar-refractivity contribution in [2.75, 3.05) is 41.6 Å². The van der Waals surface area contributed by atoms with Gasteiger partial charge in [0.1, 0.15) is 36.1 Å². The number of aromatic amines is 2. The second kappa shape index (κ2) is 17.9. The maximum absolute atomic E-state index is 14.0. The van der Waals surface area contributed by atoms with Crippen LogP contribution in [0, 0.1) is 11.8 Å². The lowest BCUT2D eigenvalue weighted by Crippen LogP contribution is -2.54. The molecule has 2 saturated heterocycles. The van der Waals surface area contributed by atoms with Crippen LogP contribution in [0.5, 0.6) is 5.75 Å². The number of methoxy groups -OCH3 is 4. The quantitative estimate of drug-likeness (QED) is 0.108. The number of nitrogens with one attached hydrogen (secondary N) is 4. The van der Waals surface area contributed by atoms with Gasteiger partial charge in [-0.3, -0.25) is 9.59 Å². The zero-order valence-corrected chi connectivity index (χ0v) is 36.9. The molecule has 0 aliphatic carbocycles. The Kier molecular flexibility index (Phi) is 12.3. The summed E-state index contributed by atoms with van der Waals surface area (Å²) in [6.07, 6.45) is 1.99. The Morgan fingerprint density at radius 3 is 2.35 bits per heavy atom. The molecular formula is C46H56N8O9. The second-order valence-corrected chi connectivity index (χ2v) is 17.2. The summed E-state index contributed by atoms with van der Waals surface area (Å²) in [5, 5.41) is 7.35. The predicted molar refractivity (Wildman–Crippen MR) is 234 cm³/mol. The van der Waals surface area contributed by atoms with E-state index in [1.807, 2.05) is 31.7 Å². The minimum absolute atomic E-state index is 0.0341. The molecule has 8 rings (SSSR count). The van der Waals surface area contributed by atoms with Gasteiger partial charge in [0.05, 0.1) is 61.9 Å². The summed E-state index contributed by atoms with van der Waals surface area (Å²) in [7, 11) is 5.68. The number of alkyl carbamates (subject to hydrolysis) is 2. The van der Waals surface area contributed by atoms with Crippen LogP contribution in [-0.2, 0) is 35.1 Å². The number of nitrogens with zero attached hydrogens (tertiary/aromatic N) is 4. The van der Waals surface area contributed by atoms with E-state index in [0.29, 0.717) is 37.8 Å². The lowest BCUT2D eigenvalue weighted by molar-refractivity contribution is -0.138. The smallest absolute Gasteiger partial charge is 0.407 e. The van der Waals surface area contributed by atoms with Gasteiger partial charge in [-0.25, -0.2) is 19.6 Å². The van der Waals surface area contributed by atoms with Crippen LogP contribution in [0.4, 0.5) is 9.59 Å². The predicted octanol–water partition coefficient (Wildman–Crippen LogP) is 6.39. The van der Waals surface area contributed by atoms with Crippen LogP contribution in [0.15, 0.2) is 48.7 Å². The van der Waals surface area contributed by atoms with Gasteiger partial charge in [-0.15, -0.1) is 0 Å². The topological polar surface area (TPSA) is 202 Å². The highest BCUT2D eigenvalue weighted by Crippen LogP contribution is 2.44. The second-order valence-electron chi connectivity index (χ2n) is 17.2. The third-order valence-corrected chi connectivity index (χ3v) is 12.9. The third-order valence-electron chi connectivity index (χ3n) is 12.9. The number of hydrogen-bond acceptors (Lipinski definition) is 11. The molecule has 0 spiro atoms. The van der Waals surface area contributed by atoms with Crippen molar-refractivity contribution in [2.45, 2.75) is 89.9 Å². The number of rotatable bonds is 12. The zero-order chi connectivity index (χ0) is 44.7. The average molecular weight is 865 g/mol. The first kappa shape index (κ1) is 43.4. The van der Waals surface area contributed by atoms with Gasteiger partial charge in [0, 0.05) is 43.7 Å². The Hall–Kier alpha value is -6.20. The molecule has 5 aromatic rings. The van der Waals surface area contributed by atoms with Crippen molar-refractivity contribution in [3.05, 3.63) is 65.9 Å². The van der Waals surface area contributed by atoms with Crippen molar-refractivity contribution in [3.8, 4) is 28.1 Å². The fourth-order valence-electron chi connectivity index (χ4n) is 9.44. The Bertz CT molecular complexity index is 2540. The largest absolute Gasteiger partial charge is 0.488 e. The number of hydrogen-bond donors (Lipinski definition) is 4. The van der Waals surface area contributed by atoms with Gasteiger partial charge < -0.3 is 54.1 Å². The fraction of sp³-hybridized carbons (Fsp3) is 0.478. The fourth-order valence-corrected chi connectivity index (χ4v) is 9.44. The SMILES string of the molecule is COC[C@H]1C[C@@H](c2ncc(-c3ccc4c(c3)COc3cc5c(ccc6nc([C@@H]7CC[C@H](C)N7C(=O)C(NC(=O)OC)C(C)C)[nH]c65)cc3-4)[nH]2)N(C(=O)[C@@H](NC(=O)OC)C(C)OC)C1. The van der Waals surface area contributed by atoms with Crippen LogP contribution in [0.1, 0.15) is 76.3 Å². The van der Waals surface area contributed by atoms with E-state index in [1.165, 1.54) is 21.3 Å². The molecular weight excluding hydrogens is 809 g/mol. The van der Waals surface area contributed by atoms with Crippen molar-refractivity contribution in [2.24, 2.45) is 11.8 Å². The van der Waals surface area contributed by atoms with Crippen LogP contribution < -0.4 is 15.4 Å². The van der Waals surface area contributed by atoms with E-state index in [9.17, 15) is 19.2 Å². The molecule has 5 heterocycles. The molecule has 3 aliphatic rings. The minimum Gasteiger partial charge on any atom is -0.488 e. The number of H-pyrrole nitrogens is 2. The number of benzene rings is 3. The van der Waals surface area contributed by atoms with Crippen molar-refractivity contribution in [3.63, 3.8) is 0 Å². The third kappa shape index (κ3) is 8.26. The van der Waals surface area contributed by atoms with Crippen molar-refractivity contribution >= 4 is 45.8 Å². The van der Waals surface area contributed by atoms with E-state index in [0.717, 1.165) is 68.3 Å². The first-order valence-electron chi connectivity index (χ1n) is 21.4. The van der Waals surface area contributed by atoms with Crippen LogP contribution in [0.25, 0.3) is 44.2 Å². The van der Waals surface area contributed by atoms with Gasteiger partial charge in [-0.2, -0.15) is 0 Å². The number of amides is 4. The lowest BCUT2D eigenvalue weighted by Gasteiger charge is -2.32. The van der Waals surface area contributed by atoms with Crippen LogP contribution in [-0.4, -0.2) is 120 Å². The summed E-state index contributed by atoms with van der Waals surface area (Å²) in [4.78, 5) is 72.8. The standard InChI is InChI=1S/C46H56N8O9/c1-23(2)38(51-45(57)61-7)44(56)54-24(3)9-14-35(54)42-48-33-13-11-27-17-32-30-12-10-28(16-29(30)22-63-37(32)18-31(27)40(33)50-42)34-19-47-41(49-34)36-15-26(21-59-5)20-53(36)43(55)39(25(4)60-6)52-46(58)62-8/h10-13,16-19,23-26,35-36,38-39H,9,14-15,20-22H2,1-8H3,(H,47,49)(H,48,50)(H,51,57)(H,52,58)/t24-,25?,26-,35-,36-,38?,39-/m0/s1. The molecule has 7 atom stereocenters. The molecule has 2 unspecified atom stereocenters. The molecule has 0 saturated carbocycles. The molecule has 3 aliphatic heterocycles. The number of carbonyl (C=O) groups is 4.